The van der Waals surface area contributed by atoms with Crippen LogP contribution in [0.5, 0.6) is 0 Å². The fourth-order valence-corrected chi connectivity index (χ4v) is 3.34. The van der Waals surface area contributed by atoms with Gasteiger partial charge in [0.05, 0.1) is 20.9 Å². The number of thiazole rings is 1. The van der Waals surface area contributed by atoms with Crippen molar-refractivity contribution in [1.29, 1.82) is 0 Å². The number of Topliss-reactive ketones (excluding diaryl/α,β-unsaturated/α-hetero) is 1. The summed E-state index contributed by atoms with van der Waals surface area (Å²) in [6.07, 6.45) is 0.471. The third kappa shape index (κ3) is 3.71. The highest BCUT2D eigenvalue weighted by Gasteiger charge is 2.11. The molecule has 23 heavy (non-hydrogen) atoms. The summed E-state index contributed by atoms with van der Waals surface area (Å²) in [6, 6.07) is 13.6. The Labute approximate surface area is 144 Å². The Hall–Kier alpha value is -1.91. The number of anilines is 2. The van der Waals surface area contributed by atoms with Gasteiger partial charge in [-0.25, -0.2) is 4.98 Å². The molecule has 5 heteroatoms. The smallest absolute Gasteiger partial charge is 0.188 e. The van der Waals surface area contributed by atoms with Crippen molar-refractivity contribution in [3.63, 3.8) is 0 Å². The molecular formula is C18H17ClN2OS. The quantitative estimate of drug-likeness (QED) is 0.668. The maximum atomic E-state index is 11.9. The van der Waals surface area contributed by atoms with Gasteiger partial charge in [-0.05, 0) is 29.8 Å². The van der Waals surface area contributed by atoms with Gasteiger partial charge in [-0.1, -0.05) is 55.0 Å². The molecular weight excluding hydrogens is 328 g/mol. The fourth-order valence-electron chi connectivity index (χ4n) is 2.22. The predicted molar refractivity (Wildman–Crippen MR) is 97.9 cm³/mol. The molecule has 3 rings (SSSR count). The molecule has 118 valence electrons. The number of aromatic nitrogens is 1. The summed E-state index contributed by atoms with van der Waals surface area (Å²) in [5.41, 5.74) is 2.79. The van der Waals surface area contributed by atoms with E-state index < -0.39 is 0 Å². The molecule has 0 aliphatic heterocycles. The topological polar surface area (TPSA) is 42.0 Å². The number of carbonyl (C=O) groups excluding carboxylic acids is 1. The molecule has 3 aromatic rings. The van der Waals surface area contributed by atoms with Gasteiger partial charge in [0.25, 0.3) is 0 Å². The number of hydrogen-bond donors (Lipinski definition) is 1. The number of ketones is 1. The number of halogens is 1. The Morgan fingerprint density at radius 1 is 1.26 bits per heavy atom. The average molecular weight is 345 g/mol. The maximum Gasteiger partial charge on any atom is 0.188 e. The van der Waals surface area contributed by atoms with E-state index >= 15 is 0 Å². The van der Waals surface area contributed by atoms with E-state index in [0.717, 1.165) is 26.6 Å². The van der Waals surface area contributed by atoms with Crippen LogP contribution in [0.15, 0.2) is 42.5 Å². The molecule has 1 N–H and O–H groups in total. The largest absolute Gasteiger partial charge is 0.330 e. The maximum absolute atomic E-state index is 11.9. The molecule has 0 atom stereocenters. The molecule has 0 aliphatic rings. The van der Waals surface area contributed by atoms with Crippen molar-refractivity contribution >= 4 is 49.8 Å². The molecule has 0 aliphatic carbocycles. The Morgan fingerprint density at radius 3 is 2.78 bits per heavy atom. The number of fused-ring (bicyclic) bond motifs is 1. The minimum Gasteiger partial charge on any atom is -0.330 e. The molecule has 0 bridgehead atoms. The van der Waals surface area contributed by atoms with Crippen molar-refractivity contribution in [2.24, 2.45) is 5.92 Å². The lowest BCUT2D eigenvalue weighted by atomic mass is 10.0. The van der Waals surface area contributed by atoms with Crippen molar-refractivity contribution in [3.05, 3.63) is 53.1 Å². The summed E-state index contributed by atoms with van der Waals surface area (Å²) < 4.78 is 1.06. The number of nitrogens with one attached hydrogen (secondary N) is 1. The third-order valence-electron chi connectivity index (χ3n) is 3.59. The normalized spacial score (nSPS) is 11.1. The van der Waals surface area contributed by atoms with Crippen molar-refractivity contribution in [2.75, 3.05) is 5.32 Å². The van der Waals surface area contributed by atoms with Gasteiger partial charge < -0.3 is 5.32 Å². The zero-order valence-electron chi connectivity index (χ0n) is 13.0. The molecule has 0 saturated heterocycles. The molecule has 3 nitrogen and oxygen atoms in total. The van der Waals surface area contributed by atoms with Crippen molar-refractivity contribution in [2.45, 2.75) is 20.3 Å². The molecule has 0 saturated carbocycles. The van der Waals surface area contributed by atoms with Crippen LogP contribution in [0.2, 0.25) is 5.02 Å². The van der Waals surface area contributed by atoms with Gasteiger partial charge >= 0.3 is 0 Å². The first-order chi connectivity index (χ1) is 11.0. The van der Waals surface area contributed by atoms with Gasteiger partial charge in [-0.2, -0.15) is 0 Å². The minimum atomic E-state index is 0.0598. The van der Waals surface area contributed by atoms with E-state index in [0.29, 0.717) is 11.4 Å². The Balaban J connectivity index is 1.85. The highest BCUT2D eigenvalue weighted by molar-refractivity contribution is 7.22. The SMILES string of the molecule is CC(C)C(=O)Cc1ccc2nc(Nc3ccccc3Cl)sc2c1. The van der Waals surface area contributed by atoms with Crippen LogP contribution in [0.3, 0.4) is 0 Å². The number of carbonyl (C=O) groups is 1. The van der Waals surface area contributed by atoms with Crippen molar-refractivity contribution < 1.29 is 4.79 Å². The number of hydrogen-bond acceptors (Lipinski definition) is 4. The fraction of sp³-hybridized carbons (Fsp3) is 0.222. The zero-order chi connectivity index (χ0) is 16.4. The van der Waals surface area contributed by atoms with Crippen LogP contribution < -0.4 is 5.32 Å². The summed E-state index contributed by atoms with van der Waals surface area (Å²) in [5, 5.41) is 4.70. The van der Waals surface area contributed by atoms with Crippen LogP contribution >= 0.6 is 22.9 Å². The Bertz CT molecular complexity index is 857. The number of nitrogens with zero attached hydrogens (tertiary/aromatic N) is 1. The van der Waals surface area contributed by atoms with Crippen LogP contribution in [0.1, 0.15) is 19.4 Å². The van der Waals surface area contributed by atoms with E-state index in [-0.39, 0.29) is 11.7 Å². The summed E-state index contributed by atoms with van der Waals surface area (Å²) in [7, 11) is 0. The summed E-state index contributed by atoms with van der Waals surface area (Å²) >= 11 is 7.72. The molecule has 0 amide bonds. The highest BCUT2D eigenvalue weighted by atomic mass is 35.5. The predicted octanol–water partition coefficient (Wildman–Crippen LogP) is 5.46. The second-order valence-electron chi connectivity index (χ2n) is 5.72. The van der Waals surface area contributed by atoms with Crippen molar-refractivity contribution in [3.8, 4) is 0 Å². The molecule has 0 unspecified atom stereocenters. The minimum absolute atomic E-state index is 0.0598. The molecule has 1 aromatic heterocycles. The number of rotatable bonds is 5. The summed E-state index contributed by atoms with van der Waals surface area (Å²) in [4.78, 5) is 16.5. The van der Waals surface area contributed by atoms with Gasteiger partial charge in [-0.15, -0.1) is 0 Å². The van der Waals surface area contributed by atoms with E-state index in [4.69, 9.17) is 11.6 Å². The Morgan fingerprint density at radius 2 is 2.04 bits per heavy atom. The van der Waals surface area contributed by atoms with E-state index in [9.17, 15) is 4.79 Å². The molecule has 0 fully saturated rings. The lowest BCUT2D eigenvalue weighted by Crippen LogP contribution is -2.09. The monoisotopic (exact) mass is 344 g/mol. The lowest BCUT2D eigenvalue weighted by molar-refractivity contribution is -0.121. The molecule has 1 heterocycles. The van der Waals surface area contributed by atoms with Crippen LogP contribution in [-0.4, -0.2) is 10.8 Å². The van der Waals surface area contributed by atoms with Gasteiger partial charge in [0.1, 0.15) is 5.78 Å². The summed E-state index contributed by atoms with van der Waals surface area (Å²) in [6.45, 7) is 3.86. The van der Waals surface area contributed by atoms with E-state index in [1.807, 2.05) is 56.3 Å². The average Bonchev–Trinajstić information content (AvgIpc) is 2.91. The standard InChI is InChI=1S/C18H17ClN2OS/c1-11(2)16(22)9-12-7-8-15-17(10-12)23-18(21-15)20-14-6-4-3-5-13(14)19/h3-8,10-11H,9H2,1-2H3,(H,20,21). The van der Waals surface area contributed by atoms with E-state index in [1.54, 1.807) is 11.3 Å². The van der Waals surface area contributed by atoms with Gasteiger partial charge in [0, 0.05) is 12.3 Å². The van der Waals surface area contributed by atoms with Crippen molar-refractivity contribution in [1.82, 2.24) is 4.98 Å². The first kappa shape index (κ1) is 16.0. The number of para-hydroxylation sites is 1. The molecule has 2 aromatic carbocycles. The zero-order valence-corrected chi connectivity index (χ0v) is 14.5. The second kappa shape index (κ2) is 6.69. The van der Waals surface area contributed by atoms with Crippen LogP contribution in [-0.2, 0) is 11.2 Å². The first-order valence-corrected chi connectivity index (χ1v) is 8.66. The molecule has 0 radical (unpaired) electrons. The van der Waals surface area contributed by atoms with Crippen LogP contribution in [0, 0.1) is 5.92 Å². The van der Waals surface area contributed by atoms with Gasteiger partial charge in [0.15, 0.2) is 5.13 Å². The number of benzene rings is 2. The van der Waals surface area contributed by atoms with Gasteiger partial charge in [-0.3, -0.25) is 4.79 Å². The Kier molecular flexibility index (Phi) is 4.64. The van der Waals surface area contributed by atoms with E-state index in [2.05, 4.69) is 10.3 Å². The molecule has 0 spiro atoms. The van der Waals surface area contributed by atoms with Crippen LogP contribution in [0.4, 0.5) is 10.8 Å². The second-order valence-corrected chi connectivity index (χ2v) is 7.16. The highest BCUT2D eigenvalue weighted by Crippen LogP contribution is 2.31. The van der Waals surface area contributed by atoms with Crippen LogP contribution in [0.25, 0.3) is 10.2 Å². The van der Waals surface area contributed by atoms with Gasteiger partial charge in [0.2, 0.25) is 0 Å². The first-order valence-electron chi connectivity index (χ1n) is 7.46. The van der Waals surface area contributed by atoms with E-state index in [1.165, 1.54) is 0 Å². The lowest BCUT2D eigenvalue weighted by Gasteiger charge is -2.03. The summed E-state index contributed by atoms with van der Waals surface area (Å²) in [5.74, 6) is 0.313. The third-order valence-corrected chi connectivity index (χ3v) is 4.85.